The van der Waals surface area contributed by atoms with E-state index in [1.165, 1.54) is 6.20 Å². The predicted octanol–water partition coefficient (Wildman–Crippen LogP) is 1.49. The number of hydrogen-bond donors (Lipinski definition) is 2. The van der Waals surface area contributed by atoms with Crippen molar-refractivity contribution in [3.05, 3.63) is 18.0 Å². The molecule has 6 heteroatoms. The second kappa shape index (κ2) is 4.04. The minimum Gasteiger partial charge on any atom is -0.478 e. The first kappa shape index (κ1) is 11.4. The molecule has 2 heterocycles. The van der Waals surface area contributed by atoms with Crippen LogP contribution in [-0.4, -0.2) is 31.9 Å². The molecule has 6 nitrogen and oxygen atoms in total. The van der Waals surface area contributed by atoms with Crippen LogP contribution < -0.4 is 5.32 Å². The molecule has 0 aromatic carbocycles. The lowest BCUT2D eigenvalue weighted by molar-refractivity contribution is 0.0697. The molecule has 0 saturated heterocycles. The number of anilines is 1. The third-order valence-corrected chi connectivity index (χ3v) is 2.43. The van der Waals surface area contributed by atoms with Crippen LogP contribution in [0.4, 0.5) is 5.69 Å². The summed E-state index contributed by atoms with van der Waals surface area (Å²) < 4.78 is 1.62. The lowest BCUT2D eigenvalue weighted by Gasteiger charge is -2.13. The van der Waals surface area contributed by atoms with Crippen molar-refractivity contribution in [3.63, 3.8) is 0 Å². The highest BCUT2D eigenvalue weighted by molar-refractivity contribution is 6.03. The van der Waals surface area contributed by atoms with E-state index in [0.717, 1.165) is 5.39 Å². The number of nitrogens with zero attached hydrogens (tertiary/aromatic N) is 3. The third kappa shape index (κ3) is 1.93. The summed E-state index contributed by atoms with van der Waals surface area (Å²) in [6.07, 6.45) is 2.98. The van der Waals surface area contributed by atoms with Gasteiger partial charge in [-0.1, -0.05) is 0 Å². The number of hydrogen-bond acceptors (Lipinski definition) is 4. The molecular weight excluding hydrogens is 220 g/mol. The van der Waals surface area contributed by atoms with Gasteiger partial charge in [-0.3, -0.25) is 4.68 Å². The smallest absolute Gasteiger partial charge is 0.339 e. The summed E-state index contributed by atoms with van der Waals surface area (Å²) in [7, 11) is 1.77. The number of aromatic nitrogens is 3. The van der Waals surface area contributed by atoms with Crippen molar-refractivity contribution in [2.45, 2.75) is 19.9 Å². The van der Waals surface area contributed by atoms with Crippen molar-refractivity contribution in [1.82, 2.24) is 14.8 Å². The van der Waals surface area contributed by atoms with Gasteiger partial charge in [-0.2, -0.15) is 5.10 Å². The number of nitrogens with one attached hydrogen (secondary N) is 1. The first-order valence-corrected chi connectivity index (χ1v) is 5.31. The maximum absolute atomic E-state index is 11.1. The fourth-order valence-corrected chi connectivity index (χ4v) is 1.70. The second-order valence-electron chi connectivity index (χ2n) is 4.16. The Bertz CT molecular complexity index is 574. The van der Waals surface area contributed by atoms with Crippen LogP contribution in [0.5, 0.6) is 0 Å². The summed E-state index contributed by atoms with van der Waals surface area (Å²) in [5.74, 6) is -0.994. The summed E-state index contributed by atoms with van der Waals surface area (Å²) in [6, 6.07) is 0.138. The number of pyridine rings is 1. The fourth-order valence-electron chi connectivity index (χ4n) is 1.70. The Balaban J connectivity index is 2.70. The molecule has 2 N–H and O–H groups in total. The van der Waals surface area contributed by atoms with Crippen molar-refractivity contribution < 1.29 is 9.90 Å². The third-order valence-electron chi connectivity index (χ3n) is 2.43. The summed E-state index contributed by atoms with van der Waals surface area (Å²) in [4.78, 5) is 15.3. The molecule has 0 fully saturated rings. The first-order valence-electron chi connectivity index (χ1n) is 5.31. The van der Waals surface area contributed by atoms with E-state index in [1.54, 1.807) is 17.9 Å². The van der Waals surface area contributed by atoms with Crippen molar-refractivity contribution in [2.75, 3.05) is 5.32 Å². The van der Waals surface area contributed by atoms with Gasteiger partial charge < -0.3 is 10.4 Å². The van der Waals surface area contributed by atoms with Crippen LogP contribution in [0.3, 0.4) is 0 Å². The van der Waals surface area contributed by atoms with E-state index in [0.29, 0.717) is 11.3 Å². The zero-order valence-electron chi connectivity index (χ0n) is 9.93. The fraction of sp³-hybridized carbons (Fsp3) is 0.364. The topological polar surface area (TPSA) is 80.0 Å². The van der Waals surface area contributed by atoms with Gasteiger partial charge in [0.1, 0.15) is 5.56 Å². The Morgan fingerprint density at radius 2 is 2.18 bits per heavy atom. The number of fused-ring (bicyclic) bond motifs is 1. The van der Waals surface area contributed by atoms with Gasteiger partial charge in [0.2, 0.25) is 0 Å². The molecule has 0 radical (unpaired) electrons. The highest BCUT2D eigenvalue weighted by Gasteiger charge is 2.17. The molecule has 2 rings (SSSR count). The summed E-state index contributed by atoms with van der Waals surface area (Å²) in [5, 5.41) is 17.1. The van der Waals surface area contributed by atoms with Gasteiger partial charge in [0.05, 0.1) is 17.3 Å². The Morgan fingerprint density at radius 3 is 2.76 bits per heavy atom. The summed E-state index contributed by atoms with van der Waals surface area (Å²) in [6.45, 7) is 3.91. The Morgan fingerprint density at radius 1 is 1.47 bits per heavy atom. The lowest BCUT2D eigenvalue weighted by Crippen LogP contribution is -2.14. The van der Waals surface area contributed by atoms with Crippen LogP contribution in [0, 0.1) is 0 Å². The van der Waals surface area contributed by atoms with Crippen molar-refractivity contribution in [3.8, 4) is 0 Å². The average Bonchev–Trinajstić information content (AvgIpc) is 2.60. The molecule has 0 amide bonds. The molecule has 0 unspecified atom stereocenters. The van der Waals surface area contributed by atoms with Crippen molar-refractivity contribution in [2.24, 2.45) is 7.05 Å². The van der Waals surface area contributed by atoms with E-state index >= 15 is 0 Å². The standard InChI is InChI=1S/C11H14N4O2/c1-6(2)14-9-7-5-13-15(3)10(7)12-4-8(9)11(16)17/h4-6H,1-3H3,(H,12,14)(H,16,17). The van der Waals surface area contributed by atoms with Gasteiger partial charge in [0, 0.05) is 19.3 Å². The molecule has 2 aromatic rings. The van der Waals surface area contributed by atoms with E-state index in [-0.39, 0.29) is 11.6 Å². The second-order valence-corrected chi connectivity index (χ2v) is 4.16. The Kier molecular flexibility index (Phi) is 2.71. The molecule has 0 aliphatic carbocycles. The van der Waals surface area contributed by atoms with Crippen LogP contribution in [0.2, 0.25) is 0 Å². The molecule has 0 atom stereocenters. The maximum Gasteiger partial charge on any atom is 0.339 e. The number of carbonyl (C=O) groups is 1. The molecular formula is C11H14N4O2. The van der Waals surface area contributed by atoms with E-state index < -0.39 is 5.97 Å². The molecule has 2 aromatic heterocycles. The maximum atomic E-state index is 11.1. The average molecular weight is 234 g/mol. The van der Waals surface area contributed by atoms with Crippen LogP contribution in [0.15, 0.2) is 12.4 Å². The Hall–Kier alpha value is -2.11. The first-order chi connectivity index (χ1) is 8.00. The SMILES string of the molecule is CC(C)Nc1c(C(=O)O)cnc2c1cnn2C. The Labute approximate surface area is 98.3 Å². The summed E-state index contributed by atoms with van der Waals surface area (Å²) >= 11 is 0. The molecule has 0 aliphatic rings. The molecule has 90 valence electrons. The number of aromatic carboxylic acids is 1. The summed E-state index contributed by atoms with van der Waals surface area (Å²) in [5.41, 5.74) is 1.41. The number of rotatable bonds is 3. The zero-order chi connectivity index (χ0) is 12.6. The monoisotopic (exact) mass is 234 g/mol. The van der Waals surface area contributed by atoms with E-state index in [2.05, 4.69) is 15.4 Å². The lowest BCUT2D eigenvalue weighted by atomic mass is 10.1. The van der Waals surface area contributed by atoms with Crippen molar-refractivity contribution >= 4 is 22.7 Å². The predicted molar refractivity (Wildman–Crippen MR) is 64.2 cm³/mol. The highest BCUT2D eigenvalue weighted by Crippen LogP contribution is 2.26. The molecule has 0 aliphatic heterocycles. The van der Waals surface area contributed by atoms with Crippen LogP contribution in [0.1, 0.15) is 24.2 Å². The minimum atomic E-state index is -0.994. The molecule has 0 spiro atoms. The van der Waals surface area contributed by atoms with Crippen LogP contribution >= 0.6 is 0 Å². The van der Waals surface area contributed by atoms with Gasteiger partial charge in [0.25, 0.3) is 0 Å². The van der Waals surface area contributed by atoms with Gasteiger partial charge in [-0.05, 0) is 13.8 Å². The quantitative estimate of drug-likeness (QED) is 0.841. The van der Waals surface area contributed by atoms with Crippen LogP contribution in [-0.2, 0) is 7.05 Å². The van der Waals surface area contributed by atoms with Gasteiger partial charge in [-0.25, -0.2) is 9.78 Å². The van der Waals surface area contributed by atoms with Crippen molar-refractivity contribution in [1.29, 1.82) is 0 Å². The number of carboxylic acid groups (broad SMARTS) is 1. The minimum absolute atomic E-state index is 0.138. The molecule has 17 heavy (non-hydrogen) atoms. The number of carboxylic acids is 1. The largest absolute Gasteiger partial charge is 0.478 e. The van der Waals surface area contributed by atoms with E-state index in [9.17, 15) is 4.79 Å². The van der Waals surface area contributed by atoms with Gasteiger partial charge >= 0.3 is 5.97 Å². The molecule has 0 saturated carbocycles. The van der Waals surface area contributed by atoms with E-state index in [4.69, 9.17) is 5.11 Å². The highest BCUT2D eigenvalue weighted by atomic mass is 16.4. The van der Waals surface area contributed by atoms with Gasteiger partial charge in [-0.15, -0.1) is 0 Å². The van der Waals surface area contributed by atoms with Gasteiger partial charge in [0.15, 0.2) is 5.65 Å². The zero-order valence-corrected chi connectivity index (χ0v) is 9.93. The molecule has 0 bridgehead atoms. The normalized spacial score (nSPS) is 11.1. The van der Waals surface area contributed by atoms with Crippen LogP contribution in [0.25, 0.3) is 11.0 Å². The van der Waals surface area contributed by atoms with E-state index in [1.807, 2.05) is 13.8 Å². The number of aryl methyl sites for hydroxylation is 1.